The molecule has 3 rings (SSSR count). The van der Waals surface area contributed by atoms with Crippen LogP contribution in [0.25, 0.3) is 0 Å². The topological polar surface area (TPSA) is 62.3 Å². The van der Waals surface area contributed by atoms with E-state index in [4.69, 9.17) is 0 Å². The fourth-order valence-corrected chi connectivity index (χ4v) is 3.09. The second-order valence-corrected chi connectivity index (χ2v) is 6.13. The Kier molecular flexibility index (Phi) is 5.38. The monoisotopic (exact) mass is 341 g/mol. The largest absolute Gasteiger partial charge is 0.350 e. The Morgan fingerprint density at radius 3 is 2.88 bits per heavy atom. The van der Waals surface area contributed by atoms with Gasteiger partial charge in [-0.1, -0.05) is 12.1 Å². The van der Waals surface area contributed by atoms with Gasteiger partial charge in [0.05, 0.1) is 11.6 Å². The molecule has 5 nitrogen and oxygen atoms in total. The van der Waals surface area contributed by atoms with Crippen LogP contribution in [0.2, 0.25) is 0 Å². The smallest absolute Gasteiger partial charge is 0.252 e. The van der Waals surface area contributed by atoms with E-state index in [2.05, 4.69) is 10.3 Å². The zero-order valence-electron chi connectivity index (χ0n) is 13.8. The van der Waals surface area contributed by atoms with Gasteiger partial charge in [-0.25, -0.2) is 4.39 Å². The third-order valence-electron chi connectivity index (χ3n) is 4.33. The van der Waals surface area contributed by atoms with Gasteiger partial charge in [-0.3, -0.25) is 14.6 Å². The third kappa shape index (κ3) is 4.41. The summed E-state index contributed by atoms with van der Waals surface area (Å²) < 4.78 is 13.4. The van der Waals surface area contributed by atoms with Crippen LogP contribution >= 0.6 is 0 Å². The molecule has 1 aromatic carbocycles. The SMILES string of the molecule is O=C(NC[C@H](Cc1cccc(F)c1)N1CCCC1=O)c1cccnc1. The van der Waals surface area contributed by atoms with Crippen molar-refractivity contribution in [1.29, 1.82) is 0 Å². The number of hydrogen-bond donors (Lipinski definition) is 1. The van der Waals surface area contributed by atoms with E-state index in [1.54, 1.807) is 29.3 Å². The number of nitrogens with one attached hydrogen (secondary N) is 1. The Bertz CT molecular complexity index is 751. The molecule has 1 atom stereocenters. The molecule has 0 unspecified atom stereocenters. The summed E-state index contributed by atoms with van der Waals surface area (Å²) in [4.78, 5) is 30.1. The number of benzene rings is 1. The van der Waals surface area contributed by atoms with Gasteiger partial charge in [0.25, 0.3) is 5.91 Å². The van der Waals surface area contributed by atoms with E-state index < -0.39 is 0 Å². The lowest BCUT2D eigenvalue weighted by molar-refractivity contribution is -0.129. The van der Waals surface area contributed by atoms with Crippen molar-refractivity contribution in [3.05, 3.63) is 65.7 Å². The Labute approximate surface area is 145 Å². The van der Waals surface area contributed by atoms with E-state index >= 15 is 0 Å². The van der Waals surface area contributed by atoms with E-state index in [1.165, 1.54) is 18.3 Å². The summed E-state index contributed by atoms with van der Waals surface area (Å²) >= 11 is 0. The number of nitrogens with zero attached hydrogens (tertiary/aromatic N) is 2. The van der Waals surface area contributed by atoms with Gasteiger partial charge in [0.1, 0.15) is 5.82 Å². The minimum absolute atomic E-state index is 0.0806. The molecule has 0 saturated carbocycles. The van der Waals surface area contributed by atoms with Crippen LogP contribution in [0.3, 0.4) is 0 Å². The van der Waals surface area contributed by atoms with E-state index in [0.29, 0.717) is 31.5 Å². The minimum atomic E-state index is -0.302. The average Bonchev–Trinajstić information content (AvgIpc) is 3.05. The molecule has 0 aliphatic carbocycles. The Balaban J connectivity index is 1.70. The summed E-state index contributed by atoms with van der Waals surface area (Å²) in [6, 6.07) is 9.53. The lowest BCUT2D eigenvalue weighted by atomic mass is 10.0. The highest BCUT2D eigenvalue weighted by Gasteiger charge is 2.28. The van der Waals surface area contributed by atoms with Crippen molar-refractivity contribution < 1.29 is 14.0 Å². The predicted molar refractivity (Wildman–Crippen MR) is 91.4 cm³/mol. The molecule has 1 aromatic heterocycles. The molecule has 1 aliphatic heterocycles. The first-order chi connectivity index (χ1) is 12.1. The molecule has 2 heterocycles. The predicted octanol–water partition coefficient (Wildman–Crippen LogP) is 2.18. The second kappa shape index (κ2) is 7.88. The van der Waals surface area contributed by atoms with Crippen molar-refractivity contribution in [2.45, 2.75) is 25.3 Å². The molecule has 1 saturated heterocycles. The third-order valence-corrected chi connectivity index (χ3v) is 4.33. The summed E-state index contributed by atoms with van der Waals surface area (Å²) in [6.45, 7) is 0.984. The first-order valence-corrected chi connectivity index (χ1v) is 8.35. The molecular formula is C19H20FN3O2. The Morgan fingerprint density at radius 1 is 1.32 bits per heavy atom. The number of halogens is 1. The molecule has 1 fully saturated rings. The normalized spacial score (nSPS) is 15.2. The lowest BCUT2D eigenvalue weighted by Crippen LogP contribution is -2.45. The molecule has 2 aromatic rings. The van der Waals surface area contributed by atoms with Crippen LogP contribution in [0.1, 0.15) is 28.8 Å². The first-order valence-electron chi connectivity index (χ1n) is 8.35. The highest BCUT2D eigenvalue weighted by atomic mass is 19.1. The van der Waals surface area contributed by atoms with E-state index in [9.17, 15) is 14.0 Å². The van der Waals surface area contributed by atoms with E-state index in [-0.39, 0.29) is 23.7 Å². The molecule has 0 bridgehead atoms. The Hall–Kier alpha value is -2.76. The van der Waals surface area contributed by atoms with Gasteiger partial charge >= 0.3 is 0 Å². The molecule has 6 heteroatoms. The first kappa shape index (κ1) is 17.1. The number of carbonyl (C=O) groups excluding carboxylic acids is 2. The van der Waals surface area contributed by atoms with Crippen molar-refractivity contribution in [2.75, 3.05) is 13.1 Å². The van der Waals surface area contributed by atoms with Gasteiger partial charge in [0, 0.05) is 31.9 Å². The highest BCUT2D eigenvalue weighted by Crippen LogP contribution is 2.17. The maximum Gasteiger partial charge on any atom is 0.252 e. The van der Waals surface area contributed by atoms with Crippen molar-refractivity contribution in [2.24, 2.45) is 0 Å². The fraction of sp³-hybridized carbons (Fsp3) is 0.316. The number of carbonyl (C=O) groups is 2. The average molecular weight is 341 g/mol. The molecule has 1 N–H and O–H groups in total. The summed E-state index contributed by atoms with van der Waals surface area (Å²) in [7, 11) is 0. The Morgan fingerprint density at radius 2 is 2.20 bits per heavy atom. The quantitative estimate of drug-likeness (QED) is 0.876. The van der Waals surface area contributed by atoms with Gasteiger partial charge in [-0.2, -0.15) is 0 Å². The van der Waals surface area contributed by atoms with Crippen LogP contribution in [0.15, 0.2) is 48.8 Å². The van der Waals surface area contributed by atoms with Gasteiger partial charge < -0.3 is 10.2 Å². The number of amides is 2. The van der Waals surface area contributed by atoms with Gasteiger partial charge in [0.15, 0.2) is 0 Å². The van der Waals surface area contributed by atoms with Crippen molar-refractivity contribution >= 4 is 11.8 Å². The maximum absolute atomic E-state index is 13.4. The summed E-state index contributed by atoms with van der Waals surface area (Å²) in [5.74, 6) is -0.454. The summed E-state index contributed by atoms with van der Waals surface area (Å²) in [6.07, 6.45) is 4.94. The molecule has 1 aliphatic rings. The van der Waals surface area contributed by atoms with Crippen LogP contribution in [-0.4, -0.2) is 40.8 Å². The minimum Gasteiger partial charge on any atom is -0.350 e. The number of hydrogen-bond acceptors (Lipinski definition) is 3. The van der Waals surface area contributed by atoms with Crippen LogP contribution in [0.4, 0.5) is 4.39 Å². The number of likely N-dealkylation sites (tertiary alicyclic amines) is 1. The molecule has 25 heavy (non-hydrogen) atoms. The standard InChI is InChI=1S/C19H20FN3O2/c20-16-6-1-4-14(10-16)11-17(23-9-3-7-18(23)24)13-22-19(25)15-5-2-8-21-12-15/h1-2,4-6,8,10,12,17H,3,7,9,11,13H2,(H,22,25)/t17-/m0/s1. The van der Waals surface area contributed by atoms with Gasteiger partial charge in [-0.15, -0.1) is 0 Å². The molecule has 2 amide bonds. The number of pyridine rings is 1. The van der Waals surface area contributed by atoms with Gasteiger partial charge in [-0.05, 0) is 42.7 Å². The van der Waals surface area contributed by atoms with Crippen LogP contribution < -0.4 is 5.32 Å². The van der Waals surface area contributed by atoms with E-state index in [0.717, 1.165) is 12.0 Å². The maximum atomic E-state index is 13.4. The second-order valence-electron chi connectivity index (χ2n) is 6.13. The summed E-state index contributed by atoms with van der Waals surface area (Å²) in [5.41, 5.74) is 1.28. The van der Waals surface area contributed by atoms with Gasteiger partial charge in [0.2, 0.25) is 5.91 Å². The highest BCUT2D eigenvalue weighted by molar-refractivity contribution is 5.93. The van der Waals surface area contributed by atoms with Crippen LogP contribution in [0.5, 0.6) is 0 Å². The zero-order valence-corrected chi connectivity index (χ0v) is 13.8. The molecule has 0 radical (unpaired) electrons. The fourth-order valence-electron chi connectivity index (χ4n) is 3.09. The van der Waals surface area contributed by atoms with Crippen molar-refractivity contribution in [3.8, 4) is 0 Å². The number of rotatable bonds is 6. The lowest BCUT2D eigenvalue weighted by Gasteiger charge is -2.28. The van der Waals surface area contributed by atoms with Crippen molar-refractivity contribution in [3.63, 3.8) is 0 Å². The van der Waals surface area contributed by atoms with Crippen molar-refractivity contribution in [1.82, 2.24) is 15.2 Å². The zero-order chi connectivity index (χ0) is 17.6. The molecular weight excluding hydrogens is 321 g/mol. The molecule has 0 spiro atoms. The molecule has 130 valence electrons. The summed E-state index contributed by atoms with van der Waals surface area (Å²) in [5, 5.41) is 2.86. The van der Waals surface area contributed by atoms with E-state index in [1.807, 2.05) is 6.07 Å². The number of aromatic nitrogens is 1. The van der Waals surface area contributed by atoms with Crippen LogP contribution in [0, 0.1) is 5.82 Å². The van der Waals surface area contributed by atoms with Crippen LogP contribution in [-0.2, 0) is 11.2 Å².